The number of anilines is 1. The van der Waals surface area contributed by atoms with E-state index in [1.165, 1.54) is 31.2 Å². The molecule has 2 aromatic rings. The first kappa shape index (κ1) is 18.8. The zero-order chi connectivity index (χ0) is 16.9. The van der Waals surface area contributed by atoms with Gasteiger partial charge in [-0.3, -0.25) is 0 Å². The first-order chi connectivity index (χ1) is 12.4. The monoisotopic (exact) mass is 375 g/mol. The average Bonchev–Trinajstić information content (AvgIpc) is 2.97. The lowest BCUT2D eigenvalue weighted by Gasteiger charge is -2.21. The maximum Gasteiger partial charge on any atom is 0.231 e. The van der Waals surface area contributed by atoms with Gasteiger partial charge in [-0.15, -0.1) is 12.4 Å². The van der Waals surface area contributed by atoms with Crippen molar-refractivity contribution < 1.29 is 9.47 Å². The van der Waals surface area contributed by atoms with Crippen LogP contribution < -0.4 is 19.7 Å². The number of hydrogen-bond donors (Lipinski definition) is 1. The van der Waals surface area contributed by atoms with Crippen LogP contribution in [0.25, 0.3) is 0 Å². The van der Waals surface area contributed by atoms with Gasteiger partial charge in [0.05, 0.1) is 0 Å². The topological polar surface area (TPSA) is 46.6 Å². The Labute approximate surface area is 161 Å². The van der Waals surface area contributed by atoms with Gasteiger partial charge in [-0.05, 0) is 30.5 Å². The number of nitrogens with one attached hydrogen (secondary N) is 1. The number of pyridine rings is 1. The molecule has 1 saturated heterocycles. The number of rotatable bonds is 5. The van der Waals surface area contributed by atoms with Crippen molar-refractivity contribution in [3.8, 4) is 11.5 Å². The quantitative estimate of drug-likeness (QED) is 0.858. The number of hydrogen-bond acceptors (Lipinski definition) is 5. The van der Waals surface area contributed by atoms with E-state index >= 15 is 0 Å². The van der Waals surface area contributed by atoms with E-state index in [0.717, 1.165) is 49.1 Å². The minimum absolute atomic E-state index is 0. The summed E-state index contributed by atoms with van der Waals surface area (Å²) in [5.74, 6) is 2.81. The first-order valence-electron chi connectivity index (χ1n) is 9.18. The highest BCUT2D eigenvalue weighted by molar-refractivity contribution is 5.85. The van der Waals surface area contributed by atoms with Crippen LogP contribution in [0.15, 0.2) is 36.5 Å². The van der Waals surface area contributed by atoms with Gasteiger partial charge in [0.15, 0.2) is 11.5 Å². The molecule has 5 nitrogen and oxygen atoms in total. The number of ether oxygens (including phenoxy) is 2. The van der Waals surface area contributed by atoms with Gasteiger partial charge in [-0.1, -0.05) is 31.0 Å². The van der Waals surface area contributed by atoms with Crippen LogP contribution >= 0.6 is 12.4 Å². The summed E-state index contributed by atoms with van der Waals surface area (Å²) in [7, 11) is 0. The molecule has 26 heavy (non-hydrogen) atoms. The molecule has 2 aliphatic heterocycles. The molecule has 0 saturated carbocycles. The molecule has 0 bridgehead atoms. The van der Waals surface area contributed by atoms with Gasteiger partial charge in [-0.2, -0.15) is 0 Å². The summed E-state index contributed by atoms with van der Waals surface area (Å²) in [6.45, 7) is 4.12. The Morgan fingerprint density at radius 1 is 0.962 bits per heavy atom. The first-order valence-corrected chi connectivity index (χ1v) is 9.18. The van der Waals surface area contributed by atoms with Crippen molar-refractivity contribution in [3.63, 3.8) is 0 Å². The molecule has 2 aliphatic rings. The molecule has 0 atom stereocenters. The molecular weight excluding hydrogens is 350 g/mol. The van der Waals surface area contributed by atoms with E-state index < -0.39 is 0 Å². The lowest BCUT2D eigenvalue weighted by molar-refractivity contribution is 0.173. The molecule has 0 unspecified atom stereocenters. The summed E-state index contributed by atoms with van der Waals surface area (Å²) < 4.78 is 11.0. The SMILES string of the molecule is Cl.c1cc(CNCc2ccc(N3CCCCCC3)nc2)c2c(c1)OCO2. The number of benzene rings is 1. The highest BCUT2D eigenvalue weighted by Crippen LogP contribution is 2.35. The van der Waals surface area contributed by atoms with Gasteiger partial charge in [-0.25, -0.2) is 4.98 Å². The van der Waals surface area contributed by atoms with E-state index in [9.17, 15) is 0 Å². The Morgan fingerprint density at radius 3 is 2.58 bits per heavy atom. The minimum Gasteiger partial charge on any atom is -0.454 e. The van der Waals surface area contributed by atoms with Gasteiger partial charge in [0.1, 0.15) is 5.82 Å². The summed E-state index contributed by atoms with van der Waals surface area (Å²) in [4.78, 5) is 7.08. The van der Waals surface area contributed by atoms with Crippen LogP contribution in [0.1, 0.15) is 36.8 Å². The Balaban J connectivity index is 0.00000196. The summed E-state index contributed by atoms with van der Waals surface area (Å²) in [5, 5.41) is 3.47. The standard InChI is InChI=1S/C20H25N3O2.ClH/c1-2-4-11-23(10-3-1)19-9-8-16(13-22-19)12-21-14-17-6-5-7-18-20(17)25-15-24-18;/h5-9,13,21H,1-4,10-12,14-15H2;1H. The normalized spacial score (nSPS) is 16.1. The van der Waals surface area contributed by atoms with E-state index in [4.69, 9.17) is 9.47 Å². The molecule has 3 heterocycles. The third kappa shape index (κ3) is 4.40. The number of nitrogens with zero attached hydrogens (tertiary/aromatic N) is 2. The number of aromatic nitrogens is 1. The van der Waals surface area contributed by atoms with Crippen molar-refractivity contribution in [2.24, 2.45) is 0 Å². The zero-order valence-corrected chi connectivity index (χ0v) is 15.8. The number of para-hydroxylation sites is 1. The molecule has 0 spiro atoms. The maximum atomic E-state index is 5.55. The zero-order valence-electron chi connectivity index (χ0n) is 14.9. The Kier molecular flexibility index (Phi) is 6.58. The number of fused-ring (bicyclic) bond motifs is 1. The van der Waals surface area contributed by atoms with Crippen molar-refractivity contribution in [2.75, 3.05) is 24.8 Å². The molecule has 6 heteroatoms. The third-order valence-electron chi connectivity index (χ3n) is 4.86. The molecule has 0 aliphatic carbocycles. The Bertz CT molecular complexity index is 701. The Hall–Kier alpha value is -1.98. The molecular formula is C20H26ClN3O2. The fraction of sp³-hybridized carbons (Fsp3) is 0.450. The second-order valence-corrected chi connectivity index (χ2v) is 6.68. The average molecular weight is 376 g/mol. The third-order valence-corrected chi connectivity index (χ3v) is 4.86. The van der Waals surface area contributed by atoms with Crippen LogP contribution in [0.5, 0.6) is 11.5 Å². The molecule has 4 rings (SSSR count). The molecule has 1 fully saturated rings. The largest absolute Gasteiger partial charge is 0.454 e. The lowest BCUT2D eigenvalue weighted by atomic mass is 10.2. The van der Waals surface area contributed by atoms with Crippen molar-refractivity contribution in [2.45, 2.75) is 38.8 Å². The number of halogens is 1. The van der Waals surface area contributed by atoms with E-state index in [1.54, 1.807) is 0 Å². The van der Waals surface area contributed by atoms with E-state index in [1.807, 2.05) is 18.3 Å². The fourth-order valence-corrected chi connectivity index (χ4v) is 3.48. The van der Waals surface area contributed by atoms with E-state index in [-0.39, 0.29) is 12.4 Å². The Morgan fingerprint density at radius 2 is 1.81 bits per heavy atom. The van der Waals surface area contributed by atoms with Gasteiger partial charge in [0.25, 0.3) is 0 Å². The predicted molar refractivity (Wildman–Crippen MR) is 105 cm³/mol. The van der Waals surface area contributed by atoms with Gasteiger partial charge in [0, 0.05) is 37.9 Å². The molecule has 1 N–H and O–H groups in total. The van der Waals surface area contributed by atoms with Crippen LogP contribution in [0.3, 0.4) is 0 Å². The second-order valence-electron chi connectivity index (χ2n) is 6.68. The fourth-order valence-electron chi connectivity index (χ4n) is 3.48. The van der Waals surface area contributed by atoms with Crippen LogP contribution in [0.4, 0.5) is 5.82 Å². The summed E-state index contributed by atoms with van der Waals surface area (Å²) in [6.07, 6.45) is 7.23. The molecule has 0 radical (unpaired) electrons. The van der Waals surface area contributed by atoms with Crippen LogP contribution in [0, 0.1) is 0 Å². The van der Waals surface area contributed by atoms with Crippen LogP contribution in [0.2, 0.25) is 0 Å². The minimum atomic E-state index is 0. The van der Waals surface area contributed by atoms with Gasteiger partial charge in [0.2, 0.25) is 6.79 Å². The molecule has 0 amide bonds. The van der Waals surface area contributed by atoms with Crippen LogP contribution in [-0.4, -0.2) is 24.9 Å². The summed E-state index contributed by atoms with van der Waals surface area (Å²) in [6, 6.07) is 10.3. The molecule has 1 aromatic carbocycles. The summed E-state index contributed by atoms with van der Waals surface area (Å²) >= 11 is 0. The van der Waals surface area contributed by atoms with Crippen molar-refractivity contribution in [3.05, 3.63) is 47.7 Å². The van der Waals surface area contributed by atoms with Crippen molar-refractivity contribution in [1.29, 1.82) is 0 Å². The van der Waals surface area contributed by atoms with E-state index in [0.29, 0.717) is 6.79 Å². The highest BCUT2D eigenvalue weighted by Gasteiger charge is 2.16. The second kappa shape index (κ2) is 9.10. The van der Waals surface area contributed by atoms with E-state index in [2.05, 4.69) is 33.4 Å². The van der Waals surface area contributed by atoms with Gasteiger partial charge >= 0.3 is 0 Å². The summed E-state index contributed by atoms with van der Waals surface area (Å²) in [5.41, 5.74) is 2.33. The maximum absolute atomic E-state index is 5.55. The smallest absolute Gasteiger partial charge is 0.231 e. The lowest BCUT2D eigenvalue weighted by Crippen LogP contribution is -2.24. The molecule has 140 valence electrons. The molecule has 1 aromatic heterocycles. The predicted octanol–water partition coefficient (Wildman–Crippen LogP) is 3.90. The van der Waals surface area contributed by atoms with Crippen LogP contribution in [-0.2, 0) is 13.1 Å². The van der Waals surface area contributed by atoms with Crippen molar-refractivity contribution >= 4 is 18.2 Å². The van der Waals surface area contributed by atoms with Crippen molar-refractivity contribution in [1.82, 2.24) is 10.3 Å². The highest BCUT2D eigenvalue weighted by atomic mass is 35.5. The van der Waals surface area contributed by atoms with Gasteiger partial charge < -0.3 is 19.7 Å².